The summed E-state index contributed by atoms with van der Waals surface area (Å²) >= 11 is 3.54. The molecule has 1 aliphatic rings. The highest BCUT2D eigenvalue weighted by Gasteiger charge is 2.24. The second kappa shape index (κ2) is 12.1. The molecule has 0 spiro atoms. The minimum atomic E-state index is -0.183. The predicted octanol–water partition coefficient (Wildman–Crippen LogP) is 6.56. The molecule has 0 unspecified atom stereocenters. The minimum absolute atomic E-state index is 0.183. The lowest BCUT2D eigenvalue weighted by Gasteiger charge is -2.15. The van der Waals surface area contributed by atoms with Crippen molar-refractivity contribution in [3.8, 4) is 17.2 Å². The van der Waals surface area contributed by atoms with Gasteiger partial charge in [0.25, 0.3) is 5.91 Å². The average molecular weight is 600 g/mol. The Morgan fingerprint density at radius 1 is 0.971 bits per heavy atom. The van der Waals surface area contributed by atoms with Gasteiger partial charge >= 0.3 is 0 Å². The molecule has 1 N–H and O–H groups in total. The molecule has 0 radical (unpaired) electrons. The number of hydrogen-bond donors (Lipinski definition) is 1. The number of amidine groups is 1. The fraction of sp³-hybridized carbons (Fsp3) is 0.185. The lowest BCUT2D eigenvalue weighted by Crippen LogP contribution is -2.19. The molecule has 1 fully saturated rings. The first-order valence-electron chi connectivity index (χ1n) is 11.2. The quantitative estimate of drug-likeness (QED) is 0.223. The summed E-state index contributed by atoms with van der Waals surface area (Å²) in [4.78, 5) is 17.7. The van der Waals surface area contributed by atoms with Crippen molar-refractivity contribution in [2.45, 2.75) is 20.5 Å². The Labute approximate surface area is 222 Å². The summed E-state index contributed by atoms with van der Waals surface area (Å²) in [5.41, 5.74) is 2.67. The van der Waals surface area contributed by atoms with Gasteiger partial charge < -0.3 is 19.5 Å². The molecule has 3 aromatic rings. The maximum Gasteiger partial charge on any atom is 0.264 e. The maximum atomic E-state index is 12.6. The van der Waals surface area contributed by atoms with Crippen molar-refractivity contribution in [1.82, 2.24) is 5.32 Å². The number of halogens is 1. The Balaban J connectivity index is 1.52. The van der Waals surface area contributed by atoms with Gasteiger partial charge in [-0.15, -0.1) is 0 Å². The summed E-state index contributed by atoms with van der Waals surface area (Å²) < 4.78 is 18.3. The van der Waals surface area contributed by atoms with Crippen molar-refractivity contribution < 1.29 is 19.0 Å². The van der Waals surface area contributed by atoms with E-state index in [2.05, 4.69) is 32.9 Å². The number of nitrogens with one attached hydrogen (secondary N) is 1. The third-order valence-corrected chi connectivity index (χ3v) is 6.60. The van der Waals surface area contributed by atoms with Gasteiger partial charge in [0.05, 0.1) is 27.4 Å². The Hall–Kier alpha value is -2.98. The van der Waals surface area contributed by atoms with Crippen molar-refractivity contribution in [2.75, 3.05) is 13.2 Å². The van der Waals surface area contributed by atoms with E-state index in [1.165, 1.54) is 11.8 Å². The second-order valence-electron chi connectivity index (χ2n) is 7.45. The van der Waals surface area contributed by atoms with Crippen LogP contribution in [0.5, 0.6) is 17.2 Å². The number of ether oxygens (including phenoxy) is 3. The first kappa shape index (κ1) is 25.1. The largest absolute Gasteiger partial charge is 0.494 e. The fourth-order valence-electron chi connectivity index (χ4n) is 3.34. The van der Waals surface area contributed by atoms with Crippen LogP contribution in [0.25, 0.3) is 6.08 Å². The smallest absolute Gasteiger partial charge is 0.264 e. The van der Waals surface area contributed by atoms with Crippen molar-refractivity contribution in [1.29, 1.82) is 0 Å². The van der Waals surface area contributed by atoms with Gasteiger partial charge in [-0.05, 0) is 102 Å². The zero-order valence-corrected chi connectivity index (χ0v) is 22.4. The highest BCUT2D eigenvalue weighted by Crippen LogP contribution is 2.37. The normalized spacial score (nSPS) is 15.3. The topological polar surface area (TPSA) is 69.2 Å². The number of rotatable bonds is 9. The van der Waals surface area contributed by atoms with E-state index in [1.807, 2.05) is 86.7 Å². The molecule has 3 aromatic carbocycles. The Morgan fingerprint density at radius 2 is 1.71 bits per heavy atom. The average Bonchev–Trinajstić information content (AvgIpc) is 3.19. The highest BCUT2D eigenvalue weighted by atomic mass is 127. The molecule has 1 saturated heterocycles. The van der Waals surface area contributed by atoms with E-state index in [0.717, 1.165) is 26.1 Å². The van der Waals surface area contributed by atoms with Crippen LogP contribution in [-0.4, -0.2) is 24.3 Å². The lowest BCUT2D eigenvalue weighted by molar-refractivity contribution is -0.115. The summed E-state index contributed by atoms with van der Waals surface area (Å²) in [6.07, 6.45) is 1.84. The number of nitrogens with zero attached hydrogens (tertiary/aromatic N) is 1. The molecule has 0 saturated carbocycles. The molecular formula is C27H25IN2O4S. The van der Waals surface area contributed by atoms with E-state index in [9.17, 15) is 4.79 Å². The van der Waals surface area contributed by atoms with Crippen LogP contribution in [0.3, 0.4) is 0 Å². The zero-order chi connectivity index (χ0) is 24.6. The first-order chi connectivity index (χ1) is 17.1. The molecule has 35 heavy (non-hydrogen) atoms. The molecule has 1 aliphatic heterocycles. The van der Waals surface area contributed by atoms with E-state index in [0.29, 0.717) is 41.4 Å². The van der Waals surface area contributed by atoms with Crippen LogP contribution in [-0.2, 0) is 11.4 Å². The van der Waals surface area contributed by atoms with Crippen molar-refractivity contribution in [3.05, 3.63) is 86.3 Å². The molecule has 6 nitrogen and oxygen atoms in total. The van der Waals surface area contributed by atoms with Crippen LogP contribution in [0.1, 0.15) is 25.0 Å². The maximum absolute atomic E-state index is 12.6. The van der Waals surface area contributed by atoms with E-state index in [4.69, 9.17) is 14.2 Å². The number of carbonyl (C=O) groups is 1. The molecule has 180 valence electrons. The molecule has 1 amide bonds. The Bertz CT molecular complexity index is 1240. The number of carbonyl (C=O) groups excluding carboxylic acids is 1. The minimum Gasteiger partial charge on any atom is -0.494 e. The van der Waals surface area contributed by atoms with Crippen LogP contribution in [0.2, 0.25) is 0 Å². The van der Waals surface area contributed by atoms with Crippen LogP contribution >= 0.6 is 34.4 Å². The first-order valence-corrected chi connectivity index (χ1v) is 13.1. The SMILES string of the molecule is CCOc1ccc(N=C2NC(=O)/C(=C\c3cc(I)c(OCc4ccccc4)c(OCC)c3)S2)cc1. The van der Waals surface area contributed by atoms with E-state index in [1.54, 1.807) is 0 Å². The fourth-order valence-corrected chi connectivity index (χ4v) is 4.96. The standard InChI is InChI=1S/C27H25IN2O4S/c1-3-32-21-12-10-20(11-13-21)29-27-30-26(31)24(35-27)16-19-14-22(28)25(23(15-19)33-4-2)34-17-18-8-6-5-7-9-18/h5-16H,3-4,17H2,1-2H3,(H,29,30,31)/b24-16+. The van der Waals surface area contributed by atoms with Gasteiger partial charge in [0.15, 0.2) is 16.7 Å². The summed E-state index contributed by atoms with van der Waals surface area (Å²) in [7, 11) is 0. The Kier molecular flexibility index (Phi) is 8.70. The number of aliphatic imine (C=N–C) groups is 1. The van der Waals surface area contributed by atoms with Crippen molar-refractivity contribution >= 4 is 57.2 Å². The van der Waals surface area contributed by atoms with Crippen LogP contribution < -0.4 is 19.5 Å². The van der Waals surface area contributed by atoms with Gasteiger partial charge in [0.1, 0.15) is 12.4 Å². The molecular weight excluding hydrogens is 575 g/mol. The van der Waals surface area contributed by atoms with E-state index >= 15 is 0 Å². The van der Waals surface area contributed by atoms with E-state index < -0.39 is 0 Å². The van der Waals surface area contributed by atoms with Gasteiger partial charge in [-0.3, -0.25) is 4.79 Å². The molecule has 1 heterocycles. The monoisotopic (exact) mass is 600 g/mol. The third kappa shape index (κ3) is 6.79. The van der Waals surface area contributed by atoms with Crippen LogP contribution in [0.4, 0.5) is 5.69 Å². The van der Waals surface area contributed by atoms with Gasteiger partial charge in [0.2, 0.25) is 0 Å². The Morgan fingerprint density at radius 3 is 2.43 bits per heavy atom. The number of amides is 1. The lowest BCUT2D eigenvalue weighted by atomic mass is 10.2. The number of benzene rings is 3. The van der Waals surface area contributed by atoms with Gasteiger partial charge in [-0.1, -0.05) is 30.3 Å². The molecule has 4 rings (SSSR count). The van der Waals surface area contributed by atoms with Gasteiger partial charge in [0, 0.05) is 0 Å². The number of thioether (sulfide) groups is 1. The summed E-state index contributed by atoms with van der Waals surface area (Å²) in [5.74, 6) is 1.95. The zero-order valence-electron chi connectivity index (χ0n) is 19.4. The summed E-state index contributed by atoms with van der Waals surface area (Å²) in [6, 6.07) is 21.3. The van der Waals surface area contributed by atoms with Crippen LogP contribution in [0, 0.1) is 3.57 Å². The molecule has 8 heteroatoms. The van der Waals surface area contributed by atoms with Crippen LogP contribution in [0.15, 0.2) is 76.6 Å². The second-order valence-corrected chi connectivity index (χ2v) is 9.64. The highest BCUT2D eigenvalue weighted by molar-refractivity contribution is 14.1. The molecule has 0 bridgehead atoms. The van der Waals surface area contributed by atoms with Crippen molar-refractivity contribution in [3.63, 3.8) is 0 Å². The molecule has 0 aromatic heterocycles. The van der Waals surface area contributed by atoms with Crippen molar-refractivity contribution in [2.24, 2.45) is 4.99 Å². The number of hydrogen-bond acceptors (Lipinski definition) is 6. The van der Waals surface area contributed by atoms with Gasteiger partial charge in [-0.2, -0.15) is 0 Å². The molecule has 0 aliphatic carbocycles. The molecule has 0 atom stereocenters. The summed E-state index contributed by atoms with van der Waals surface area (Å²) in [6.45, 7) is 5.43. The predicted molar refractivity (Wildman–Crippen MR) is 150 cm³/mol. The third-order valence-electron chi connectivity index (χ3n) is 4.88. The summed E-state index contributed by atoms with van der Waals surface area (Å²) in [5, 5.41) is 3.37. The van der Waals surface area contributed by atoms with E-state index in [-0.39, 0.29) is 5.91 Å². The van der Waals surface area contributed by atoms with Gasteiger partial charge in [-0.25, -0.2) is 4.99 Å².